The average molecular weight is 523 g/mol. The minimum Gasteiger partial charge on any atom is -0.460 e. The van der Waals surface area contributed by atoms with Crippen molar-refractivity contribution in [1.29, 1.82) is 0 Å². The lowest BCUT2D eigenvalue weighted by Crippen LogP contribution is -2.62. The van der Waals surface area contributed by atoms with Gasteiger partial charge in [-0.3, -0.25) is 9.59 Å². The summed E-state index contributed by atoms with van der Waals surface area (Å²) in [4.78, 5) is 30.1. The van der Waals surface area contributed by atoms with Gasteiger partial charge in [-0.15, -0.1) is 0 Å². The van der Waals surface area contributed by atoms with Gasteiger partial charge < -0.3 is 14.5 Å². The fraction of sp³-hybridized carbons (Fsp3) is 0.758. The van der Waals surface area contributed by atoms with Gasteiger partial charge in [0.05, 0.1) is 6.04 Å². The molecule has 210 valence electrons. The SMILES string of the molecule is CC(=O)OC1C(N(C)C(=O)c2ccccc2)CCC2(C)C3CCC4(C)C(CCC4C(C)N(C)C)C3CCC12. The van der Waals surface area contributed by atoms with E-state index in [1.807, 2.05) is 42.3 Å². The van der Waals surface area contributed by atoms with Crippen LogP contribution in [0.25, 0.3) is 0 Å². The summed E-state index contributed by atoms with van der Waals surface area (Å²) in [6.45, 7) is 9.09. The van der Waals surface area contributed by atoms with E-state index in [1.165, 1.54) is 39.0 Å². The Labute approximate surface area is 230 Å². The second kappa shape index (κ2) is 10.3. The van der Waals surface area contributed by atoms with E-state index < -0.39 is 0 Å². The van der Waals surface area contributed by atoms with Crippen molar-refractivity contribution in [2.24, 2.45) is 40.4 Å². The van der Waals surface area contributed by atoms with E-state index in [2.05, 4.69) is 39.8 Å². The van der Waals surface area contributed by atoms with Crippen LogP contribution in [0, 0.1) is 40.4 Å². The van der Waals surface area contributed by atoms with Crippen molar-refractivity contribution in [2.45, 2.75) is 97.2 Å². The molecule has 5 rings (SSSR count). The largest absolute Gasteiger partial charge is 0.460 e. The number of benzene rings is 1. The second-order valence-electron chi connectivity index (χ2n) is 14.0. The fourth-order valence-electron chi connectivity index (χ4n) is 10.2. The van der Waals surface area contributed by atoms with Gasteiger partial charge in [-0.05, 0) is 119 Å². The molecule has 0 radical (unpaired) electrons. The summed E-state index contributed by atoms with van der Waals surface area (Å²) in [6, 6.07) is 10.1. The Kier molecular flexibility index (Phi) is 7.47. The number of fused-ring (bicyclic) bond motifs is 5. The molecule has 4 fully saturated rings. The lowest BCUT2D eigenvalue weighted by molar-refractivity contribution is -0.185. The summed E-state index contributed by atoms with van der Waals surface area (Å²) in [5.74, 6) is 3.13. The van der Waals surface area contributed by atoms with Crippen molar-refractivity contribution in [3.8, 4) is 0 Å². The maximum Gasteiger partial charge on any atom is 0.302 e. The number of nitrogens with zero attached hydrogens (tertiary/aromatic N) is 2. The van der Waals surface area contributed by atoms with Crippen molar-refractivity contribution in [3.63, 3.8) is 0 Å². The molecule has 4 aliphatic carbocycles. The third-order valence-electron chi connectivity index (χ3n) is 12.3. The molecule has 0 aliphatic heterocycles. The number of hydrogen-bond acceptors (Lipinski definition) is 4. The molecule has 5 nitrogen and oxygen atoms in total. The van der Waals surface area contributed by atoms with E-state index in [0.717, 1.165) is 37.0 Å². The van der Waals surface area contributed by atoms with Gasteiger partial charge >= 0.3 is 5.97 Å². The third kappa shape index (κ3) is 4.41. The Balaban J connectivity index is 1.40. The van der Waals surface area contributed by atoms with Gasteiger partial charge in [0.1, 0.15) is 6.10 Å². The van der Waals surface area contributed by atoms with Gasteiger partial charge in [-0.2, -0.15) is 0 Å². The van der Waals surface area contributed by atoms with Crippen LogP contribution in [0.1, 0.15) is 89.4 Å². The number of carbonyl (C=O) groups is 2. The molecule has 38 heavy (non-hydrogen) atoms. The molecule has 0 aromatic heterocycles. The van der Waals surface area contributed by atoms with Crippen LogP contribution in [0.3, 0.4) is 0 Å². The fourth-order valence-corrected chi connectivity index (χ4v) is 10.2. The highest BCUT2D eigenvalue weighted by molar-refractivity contribution is 5.94. The zero-order valence-corrected chi connectivity index (χ0v) is 24.8. The summed E-state index contributed by atoms with van der Waals surface area (Å²) in [5, 5.41) is 0. The summed E-state index contributed by atoms with van der Waals surface area (Å²) >= 11 is 0. The van der Waals surface area contributed by atoms with Gasteiger partial charge in [0.25, 0.3) is 5.91 Å². The molecule has 10 unspecified atom stereocenters. The van der Waals surface area contributed by atoms with E-state index in [9.17, 15) is 9.59 Å². The van der Waals surface area contributed by atoms with Crippen LogP contribution < -0.4 is 0 Å². The summed E-state index contributed by atoms with van der Waals surface area (Å²) in [5.41, 5.74) is 1.29. The minimum absolute atomic E-state index is 0.0190. The highest BCUT2D eigenvalue weighted by Crippen LogP contribution is 2.68. The predicted octanol–water partition coefficient (Wildman–Crippen LogP) is 6.28. The molecular formula is C33H50N2O3. The van der Waals surface area contributed by atoms with Crippen molar-refractivity contribution < 1.29 is 14.3 Å². The molecule has 1 amide bonds. The van der Waals surface area contributed by atoms with E-state index in [4.69, 9.17) is 4.74 Å². The van der Waals surface area contributed by atoms with Crippen LogP contribution in [-0.2, 0) is 9.53 Å². The smallest absolute Gasteiger partial charge is 0.302 e. The van der Waals surface area contributed by atoms with Crippen LogP contribution >= 0.6 is 0 Å². The lowest BCUT2D eigenvalue weighted by Gasteiger charge is -2.63. The van der Waals surface area contributed by atoms with Crippen LogP contribution in [0.5, 0.6) is 0 Å². The first kappa shape index (κ1) is 27.7. The van der Waals surface area contributed by atoms with Gasteiger partial charge in [0.2, 0.25) is 0 Å². The molecule has 4 saturated carbocycles. The number of esters is 1. The lowest BCUT2D eigenvalue weighted by atomic mass is 9.44. The molecule has 0 heterocycles. The first-order chi connectivity index (χ1) is 18.0. The molecule has 10 atom stereocenters. The van der Waals surface area contributed by atoms with Crippen LogP contribution in [0.15, 0.2) is 30.3 Å². The molecule has 0 saturated heterocycles. The monoisotopic (exact) mass is 522 g/mol. The summed E-state index contributed by atoms with van der Waals surface area (Å²) < 4.78 is 6.17. The van der Waals surface area contributed by atoms with Crippen molar-refractivity contribution >= 4 is 11.9 Å². The Morgan fingerprint density at radius 3 is 2.16 bits per heavy atom. The molecule has 1 aromatic rings. The van der Waals surface area contributed by atoms with Gasteiger partial charge in [-0.1, -0.05) is 32.0 Å². The summed E-state index contributed by atoms with van der Waals surface area (Å²) in [7, 11) is 6.39. The van der Waals surface area contributed by atoms with Crippen molar-refractivity contribution in [1.82, 2.24) is 9.80 Å². The Morgan fingerprint density at radius 2 is 1.50 bits per heavy atom. The molecule has 1 aromatic carbocycles. The van der Waals surface area contributed by atoms with Crippen LogP contribution in [-0.4, -0.2) is 61.0 Å². The highest BCUT2D eigenvalue weighted by Gasteiger charge is 2.63. The standard InChI is InChI=1S/C33H50N2O3/c1-21(34(5)6)25-15-16-26-24-13-14-28-30(38-22(2)36)29(35(7)31(37)23-11-9-8-10-12-23)18-20-33(28,4)27(24)17-19-32(25,26)3/h8-12,21,24-30H,13-20H2,1-7H3. The molecule has 0 bridgehead atoms. The number of hydrogen-bond donors (Lipinski definition) is 0. The molecule has 4 aliphatic rings. The number of ether oxygens (including phenoxy) is 1. The number of rotatable bonds is 5. The topological polar surface area (TPSA) is 49.9 Å². The maximum absolute atomic E-state index is 13.4. The molecule has 0 N–H and O–H groups in total. The quantitative estimate of drug-likeness (QED) is 0.427. The number of likely N-dealkylation sites (N-methyl/N-ethyl adjacent to an activating group) is 1. The predicted molar refractivity (Wildman–Crippen MR) is 152 cm³/mol. The van der Waals surface area contributed by atoms with Crippen LogP contribution in [0.4, 0.5) is 0 Å². The highest BCUT2D eigenvalue weighted by atomic mass is 16.5. The van der Waals surface area contributed by atoms with E-state index in [1.54, 1.807) is 0 Å². The van der Waals surface area contributed by atoms with Gasteiger partial charge in [0, 0.05) is 31.5 Å². The first-order valence-electron chi connectivity index (χ1n) is 15.1. The average Bonchev–Trinajstić information content (AvgIpc) is 3.24. The van der Waals surface area contributed by atoms with E-state index in [-0.39, 0.29) is 29.4 Å². The minimum atomic E-state index is -0.233. The van der Waals surface area contributed by atoms with Gasteiger partial charge in [-0.25, -0.2) is 0 Å². The third-order valence-corrected chi connectivity index (χ3v) is 12.3. The Bertz CT molecular complexity index is 1030. The zero-order chi connectivity index (χ0) is 27.4. The molecular weight excluding hydrogens is 472 g/mol. The van der Waals surface area contributed by atoms with Gasteiger partial charge in [0.15, 0.2) is 0 Å². The maximum atomic E-state index is 13.4. The van der Waals surface area contributed by atoms with Crippen LogP contribution in [0.2, 0.25) is 0 Å². The summed E-state index contributed by atoms with van der Waals surface area (Å²) in [6.07, 6.45) is 9.42. The normalized spacial score (nSPS) is 41.0. The Hall–Kier alpha value is -1.88. The number of carbonyl (C=O) groups excluding carboxylic acids is 2. The Morgan fingerprint density at radius 1 is 0.868 bits per heavy atom. The van der Waals surface area contributed by atoms with E-state index in [0.29, 0.717) is 28.9 Å². The van der Waals surface area contributed by atoms with E-state index >= 15 is 0 Å². The molecule has 5 heteroatoms. The van der Waals surface area contributed by atoms with Crippen molar-refractivity contribution in [2.75, 3.05) is 21.1 Å². The first-order valence-corrected chi connectivity index (χ1v) is 15.1. The molecule has 0 spiro atoms. The zero-order valence-electron chi connectivity index (χ0n) is 24.8. The second-order valence-corrected chi connectivity index (χ2v) is 14.0. The number of amides is 1. The van der Waals surface area contributed by atoms with Crippen molar-refractivity contribution in [3.05, 3.63) is 35.9 Å².